The molecule has 0 saturated carbocycles. The molecule has 0 aliphatic carbocycles. The maximum absolute atomic E-state index is 12.4. The number of phenols is 1. The van der Waals surface area contributed by atoms with E-state index in [-0.39, 0.29) is 11.9 Å². The van der Waals surface area contributed by atoms with Crippen LogP contribution in [0.5, 0.6) is 5.75 Å². The van der Waals surface area contributed by atoms with Crippen molar-refractivity contribution in [3.8, 4) is 5.75 Å². The first-order chi connectivity index (χ1) is 11.5. The Morgan fingerprint density at radius 1 is 1.38 bits per heavy atom. The van der Waals surface area contributed by atoms with Gasteiger partial charge in [-0.15, -0.1) is 0 Å². The summed E-state index contributed by atoms with van der Waals surface area (Å²) in [5.41, 5.74) is 0.853. The molecule has 3 rings (SSSR count). The Hall–Kier alpha value is -2.54. The van der Waals surface area contributed by atoms with E-state index in [0.717, 1.165) is 31.9 Å². The number of amides is 1. The second-order valence-electron chi connectivity index (χ2n) is 6.17. The lowest BCUT2D eigenvalue weighted by Gasteiger charge is -2.36. The van der Waals surface area contributed by atoms with Crippen LogP contribution in [0.1, 0.15) is 12.7 Å². The van der Waals surface area contributed by atoms with Gasteiger partial charge < -0.3 is 24.7 Å². The van der Waals surface area contributed by atoms with E-state index in [4.69, 9.17) is 4.52 Å². The number of piperazine rings is 1. The molecule has 1 fully saturated rings. The number of benzene rings is 1. The molecule has 1 aromatic heterocycles. The van der Waals surface area contributed by atoms with Gasteiger partial charge in [0.1, 0.15) is 11.5 Å². The Labute approximate surface area is 140 Å². The fraction of sp³-hybridized carbons (Fsp3) is 0.412. The van der Waals surface area contributed by atoms with Crippen molar-refractivity contribution in [1.82, 2.24) is 5.16 Å². The van der Waals surface area contributed by atoms with E-state index < -0.39 is 0 Å². The number of para-hydroxylation sites is 2. The lowest BCUT2D eigenvalue weighted by molar-refractivity contribution is -0.914. The molecule has 0 unspecified atom stereocenters. The van der Waals surface area contributed by atoms with Crippen molar-refractivity contribution in [2.75, 3.05) is 36.4 Å². The summed E-state index contributed by atoms with van der Waals surface area (Å²) < 4.78 is 4.96. The van der Waals surface area contributed by atoms with E-state index in [1.54, 1.807) is 19.1 Å². The van der Waals surface area contributed by atoms with Gasteiger partial charge in [-0.25, -0.2) is 0 Å². The number of aryl methyl sites for hydroxylation is 1. The number of aromatic nitrogens is 1. The Morgan fingerprint density at radius 2 is 2.08 bits per heavy atom. The highest BCUT2D eigenvalue weighted by Gasteiger charge is 2.30. The summed E-state index contributed by atoms with van der Waals surface area (Å²) in [7, 11) is 0. The SMILES string of the molecule is Cc1cc(NC(=O)[C@@H](C)[NH+]2CCN(c3ccccc3O)CC2)no1. The third-order valence-corrected chi connectivity index (χ3v) is 4.51. The highest BCUT2D eigenvalue weighted by molar-refractivity contribution is 5.92. The van der Waals surface area contributed by atoms with Gasteiger partial charge >= 0.3 is 0 Å². The van der Waals surface area contributed by atoms with Crippen LogP contribution in [0.4, 0.5) is 11.5 Å². The van der Waals surface area contributed by atoms with Crippen LogP contribution in [0.15, 0.2) is 34.9 Å². The third-order valence-electron chi connectivity index (χ3n) is 4.51. The molecule has 1 aliphatic rings. The fourth-order valence-electron chi connectivity index (χ4n) is 3.04. The van der Waals surface area contributed by atoms with E-state index in [0.29, 0.717) is 17.3 Å². The lowest BCUT2D eigenvalue weighted by Crippen LogP contribution is -3.19. The van der Waals surface area contributed by atoms with Gasteiger partial charge in [-0.05, 0) is 26.0 Å². The number of hydrogen-bond donors (Lipinski definition) is 3. The average molecular weight is 331 g/mol. The largest absolute Gasteiger partial charge is 0.506 e. The Kier molecular flexibility index (Phi) is 4.71. The van der Waals surface area contributed by atoms with E-state index in [9.17, 15) is 9.90 Å². The average Bonchev–Trinajstić information content (AvgIpc) is 2.99. The summed E-state index contributed by atoms with van der Waals surface area (Å²) in [5.74, 6) is 1.36. The Morgan fingerprint density at radius 3 is 2.71 bits per heavy atom. The van der Waals surface area contributed by atoms with Gasteiger partial charge in [-0.1, -0.05) is 17.3 Å². The smallest absolute Gasteiger partial charge is 0.283 e. The van der Waals surface area contributed by atoms with Gasteiger partial charge in [0.05, 0.1) is 31.9 Å². The first-order valence-corrected chi connectivity index (χ1v) is 8.16. The number of carbonyl (C=O) groups is 1. The normalized spacial score (nSPS) is 16.8. The van der Waals surface area contributed by atoms with E-state index >= 15 is 0 Å². The third kappa shape index (κ3) is 3.51. The molecule has 0 bridgehead atoms. The molecule has 7 nitrogen and oxygen atoms in total. The topological polar surface area (TPSA) is 83.0 Å². The van der Waals surface area contributed by atoms with Crippen molar-refractivity contribution in [2.45, 2.75) is 19.9 Å². The maximum Gasteiger partial charge on any atom is 0.283 e. The number of rotatable bonds is 4. The van der Waals surface area contributed by atoms with Gasteiger partial charge in [-0.2, -0.15) is 0 Å². The van der Waals surface area contributed by atoms with E-state index in [1.165, 1.54) is 4.90 Å². The number of anilines is 2. The van der Waals surface area contributed by atoms with Crippen LogP contribution in [0.2, 0.25) is 0 Å². The summed E-state index contributed by atoms with van der Waals surface area (Å²) in [6.45, 7) is 6.98. The van der Waals surface area contributed by atoms with Crippen LogP contribution in [0.3, 0.4) is 0 Å². The minimum atomic E-state index is -0.173. The van der Waals surface area contributed by atoms with Gasteiger partial charge in [0.25, 0.3) is 5.91 Å². The summed E-state index contributed by atoms with van der Waals surface area (Å²) in [6.07, 6.45) is 0. The van der Waals surface area contributed by atoms with Crippen molar-refractivity contribution in [3.63, 3.8) is 0 Å². The number of phenolic OH excluding ortho intramolecular Hbond substituents is 1. The Balaban J connectivity index is 1.56. The van der Waals surface area contributed by atoms with Crippen molar-refractivity contribution in [2.24, 2.45) is 0 Å². The van der Waals surface area contributed by atoms with Crippen molar-refractivity contribution in [3.05, 3.63) is 36.1 Å². The predicted molar refractivity (Wildman–Crippen MR) is 90.3 cm³/mol. The van der Waals surface area contributed by atoms with Crippen molar-refractivity contribution >= 4 is 17.4 Å². The highest BCUT2D eigenvalue weighted by Crippen LogP contribution is 2.26. The summed E-state index contributed by atoms with van der Waals surface area (Å²) in [4.78, 5) is 15.7. The zero-order valence-electron chi connectivity index (χ0n) is 14.0. The first-order valence-electron chi connectivity index (χ1n) is 8.16. The minimum absolute atomic E-state index is 0.0608. The standard InChI is InChI=1S/C17H22N4O3/c1-12-11-16(19-24-12)18-17(23)13(2)20-7-9-21(10-8-20)14-5-3-4-6-15(14)22/h3-6,11,13,22H,7-10H2,1-2H3,(H,18,19,23)/p+1/t13-/m1/s1. The number of nitrogens with one attached hydrogen (secondary N) is 2. The number of carbonyl (C=O) groups excluding carboxylic acids is 1. The molecule has 2 aromatic rings. The summed E-state index contributed by atoms with van der Waals surface area (Å²) in [6, 6.07) is 8.89. The molecule has 1 aliphatic heterocycles. The van der Waals surface area contributed by atoms with Crippen molar-refractivity contribution < 1.29 is 19.3 Å². The van der Waals surface area contributed by atoms with Crippen LogP contribution in [-0.4, -0.2) is 48.4 Å². The maximum atomic E-state index is 12.4. The monoisotopic (exact) mass is 331 g/mol. The van der Waals surface area contributed by atoms with Gasteiger partial charge in [0.2, 0.25) is 0 Å². The molecule has 0 radical (unpaired) electrons. The molecule has 24 heavy (non-hydrogen) atoms. The number of nitrogens with zero attached hydrogens (tertiary/aromatic N) is 2. The molecular weight excluding hydrogens is 308 g/mol. The molecule has 1 saturated heterocycles. The molecular formula is C17H23N4O3+. The van der Waals surface area contributed by atoms with Gasteiger partial charge in [0.15, 0.2) is 11.9 Å². The lowest BCUT2D eigenvalue weighted by atomic mass is 10.2. The van der Waals surface area contributed by atoms with Crippen LogP contribution in [-0.2, 0) is 4.79 Å². The second kappa shape index (κ2) is 6.92. The molecule has 7 heteroatoms. The molecule has 2 heterocycles. The molecule has 128 valence electrons. The second-order valence-corrected chi connectivity index (χ2v) is 6.17. The quantitative estimate of drug-likeness (QED) is 0.756. The summed E-state index contributed by atoms with van der Waals surface area (Å²) >= 11 is 0. The molecule has 1 amide bonds. The van der Waals surface area contributed by atoms with Crippen LogP contribution < -0.4 is 15.1 Å². The molecule has 1 atom stereocenters. The first kappa shape index (κ1) is 16.3. The molecule has 3 N–H and O–H groups in total. The van der Waals surface area contributed by atoms with Crippen LogP contribution in [0, 0.1) is 6.92 Å². The van der Waals surface area contributed by atoms with E-state index in [2.05, 4.69) is 15.4 Å². The fourth-order valence-corrected chi connectivity index (χ4v) is 3.04. The zero-order chi connectivity index (χ0) is 17.1. The van der Waals surface area contributed by atoms with E-state index in [1.807, 2.05) is 25.1 Å². The number of quaternary nitrogens is 1. The van der Waals surface area contributed by atoms with Gasteiger partial charge in [-0.3, -0.25) is 4.79 Å². The Bertz CT molecular complexity index is 707. The van der Waals surface area contributed by atoms with Crippen LogP contribution in [0.25, 0.3) is 0 Å². The number of hydrogen-bond acceptors (Lipinski definition) is 5. The number of aromatic hydroxyl groups is 1. The predicted octanol–water partition coefficient (Wildman–Crippen LogP) is 0.421. The van der Waals surface area contributed by atoms with Crippen LogP contribution >= 0.6 is 0 Å². The zero-order valence-corrected chi connectivity index (χ0v) is 14.0. The van der Waals surface area contributed by atoms with Crippen molar-refractivity contribution in [1.29, 1.82) is 0 Å². The van der Waals surface area contributed by atoms with Gasteiger partial charge in [0, 0.05) is 6.07 Å². The minimum Gasteiger partial charge on any atom is -0.506 e. The summed E-state index contributed by atoms with van der Waals surface area (Å²) in [5, 5.41) is 16.5. The molecule has 1 aromatic carbocycles. The molecule has 0 spiro atoms. The highest BCUT2D eigenvalue weighted by atomic mass is 16.5.